The maximum absolute atomic E-state index is 12.5. The second-order valence-electron chi connectivity index (χ2n) is 5.64. The third-order valence-corrected chi connectivity index (χ3v) is 3.88. The normalized spacial score (nSPS) is 18.7. The van der Waals surface area contributed by atoms with Crippen LogP contribution in [0.3, 0.4) is 0 Å². The number of aliphatic carboxylic acids is 1. The standard InChI is InChI=1S/C14H18F3N3O4/c1-8-10(9(2)20(18-8)7-14(15,16)17)5-12(21)19-3-4-24-11(6-19)13(22)23/h11H,3-7H2,1-2H3,(H,22,23). The molecule has 10 heteroatoms. The molecular weight excluding hydrogens is 331 g/mol. The van der Waals surface area contributed by atoms with Crippen molar-refractivity contribution in [3.05, 3.63) is 17.0 Å². The molecule has 1 saturated heterocycles. The summed E-state index contributed by atoms with van der Waals surface area (Å²) < 4.78 is 43.5. The highest BCUT2D eigenvalue weighted by atomic mass is 19.4. The fraction of sp³-hybridized carbons (Fsp3) is 0.643. The molecule has 2 heterocycles. The fourth-order valence-electron chi connectivity index (χ4n) is 2.60. The first-order valence-corrected chi connectivity index (χ1v) is 7.30. The van der Waals surface area contributed by atoms with Gasteiger partial charge in [0, 0.05) is 17.8 Å². The number of aryl methyl sites for hydroxylation is 1. The van der Waals surface area contributed by atoms with Crippen LogP contribution in [0.5, 0.6) is 0 Å². The van der Waals surface area contributed by atoms with Gasteiger partial charge in [0.15, 0.2) is 6.10 Å². The third-order valence-electron chi connectivity index (χ3n) is 3.88. The molecule has 7 nitrogen and oxygen atoms in total. The molecule has 1 amide bonds. The summed E-state index contributed by atoms with van der Waals surface area (Å²) in [5.41, 5.74) is 1.07. The average Bonchev–Trinajstić information content (AvgIpc) is 2.73. The van der Waals surface area contributed by atoms with Crippen LogP contribution in [0.4, 0.5) is 13.2 Å². The van der Waals surface area contributed by atoms with E-state index in [4.69, 9.17) is 9.84 Å². The van der Waals surface area contributed by atoms with Gasteiger partial charge in [-0.2, -0.15) is 18.3 Å². The van der Waals surface area contributed by atoms with E-state index in [0.717, 1.165) is 4.68 Å². The Labute approximate surface area is 136 Å². The predicted octanol–water partition coefficient (Wildman–Crippen LogP) is 0.917. The lowest BCUT2D eigenvalue weighted by Gasteiger charge is -2.31. The highest BCUT2D eigenvalue weighted by Crippen LogP contribution is 2.22. The lowest BCUT2D eigenvalue weighted by molar-refractivity contribution is -0.159. The van der Waals surface area contributed by atoms with Crippen molar-refractivity contribution in [3.63, 3.8) is 0 Å². The summed E-state index contributed by atoms with van der Waals surface area (Å²) in [6, 6.07) is 0. The second kappa shape index (κ2) is 6.80. The van der Waals surface area contributed by atoms with Crippen LogP contribution in [-0.2, 0) is 27.3 Å². The smallest absolute Gasteiger partial charge is 0.408 e. The lowest BCUT2D eigenvalue weighted by Crippen LogP contribution is -2.49. The summed E-state index contributed by atoms with van der Waals surface area (Å²) in [4.78, 5) is 24.6. The van der Waals surface area contributed by atoms with Gasteiger partial charge in [-0.25, -0.2) is 4.79 Å². The van der Waals surface area contributed by atoms with Crippen molar-refractivity contribution in [1.82, 2.24) is 14.7 Å². The van der Waals surface area contributed by atoms with E-state index in [-0.39, 0.29) is 37.7 Å². The Kier molecular flexibility index (Phi) is 5.16. The number of carboxylic acids is 1. The predicted molar refractivity (Wildman–Crippen MR) is 75.4 cm³/mol. The van der Waals surface area contributed by atoms with E-state index in [0.29, 0.717) is 11.3 Å². The van der Waals surface area contributed by atoms with Crippen LogP contribution in [-0.4, -0.2) is 63.6 Å². The molecule has 1 N–H and O–H groups in total. The summed E-state index contributed by atoms with van der Waals surface area (Å²) in [5.74, 6) is -1.51. The lowest BCUT2D eigenvalue weighted by atomic mass is 10.1. The Bertz CT molecular complexity index is 642. The SMILES string of the molecule is Cc1nn(CC(F)(F)F)c(C)c1CC(=O)N1CCOC(C(=O)O)C1. The zero-order chi connectivity index (χ0) is 18.1. The summed E-state index contributed by atoms with van der Waals surface area (Å²) in [7, 11) is 0. The van der Waals surface area contributed by atoms with Gasteiger partial charge in [0.05, 0.1) is 25.3 Å². The molecule has 0 spiro atoms. The molecule has 1 aromatic rings. The summed E-state index contributed by atoms with van der Waals surface area (Å²) in [5, 5.41) is 12.8. The zero-order valence-electron chi connectivity index (χ0n) is 13.3. The van der Waals surface area contributed by atoms with Crippen molar-refractivity contribution in [3.8, 4) is 0 Å². The van der Waals surface area contributed by atoms with E-state index in [1.54, 1.807) is 6.92 Å². The van der Waals surface area contributed by atoms with Crippen molar-refractivity contribution in [1.29, 1.82) is 0 Å². The van der Waals surface area contributed by atoms with Crippen LogP contribution >= 0.6 is 0 Å². The van der Waals surface area contributed by atoms with Crippen LogP contribution in [0.1, 0.15) is 17.0 Å². The molecule has 1 fully saturated rings. The molecule has 1 unspecified atom stereocenters. The van der Waals surface area contributed by atoms with Crippen molar-refractivity contribution < 1.29 is 32.6 Å². The van der Waals surface area contributed by atoms with Gasteiger partial charge in [-0.15, -0.1) is 0 Å². The number of aromatic nitrogens is 2. The monoisotopic (exact) mass is 349 g/mol. The Morgan fingerprint density at radius 2 is 2.04 bits per heavy atom. The molecule has 134 valence electrons. The number of hydrogen-bond acceptors (Lipinski definition) is 4. The van der Waals surface area contributed by atoms with Crippen molar-refractivity contribution in [2.45, 2.75) is 39.1 Å². The molecule has 1 aliphatic rings. The number of rotatable bonds is 4. The number of carbonyl (C=O) groups excluding carboxylic acids is 1. The number of nitrogens with zero attached hydrogens (tertiary/aromatic N) is 3. The van der Waals surface area contributed by atoms with Gasteiger partial charge >= 0.3 is 12.1 Å². The van der Waals surface area contributed by atoms with Gasteiger partial charge in [0.25, 0.3) is 0 Å². The number of ether oxygens (including phenoxy) is 1. The minimum absolute atomic E-state index is 0.0804. The molecule has 1 aromatic heterocycles. The zero-order valence-corrected chi connectivity index (χ0v) is 13.3. The largest absolute Gasteiger partial charge is 0.479 e. The van der Waals surface area contributed by atoms with Gasteiger partial charge < -0.3 is 14.7 Å². The quantitative estimate of drug-likeness (QED) is 0.874. The summed E-state index contributed by atoms with van der Waals surface area (Å²) >= 11 is 0. The first-order chi connectivity index (χ1) is 11.1. The maximum Gasteiger partial charge on any atom is 0.408 e. The molecule has 1 aliphatic heterocycles. The minimum atomic E-state index is -4.40. The first kappa shape index (κ1) is 18.2. The maximum atomic E-state index is 12.5. The van der Waals surface area contributed by atoms with Crippen LogP contribution in [0.2, 0.25) is 0 Å². The van der Waals surface area contributed by atoms with E-state index < -0.39 is 24.8 Å². The molecule has 1 atom stereocenters. The topological polar surface area (TPSA) is 84.7 Å². The van der Waals surface area contributed by atoms with Crippen LogP contribution in [0.25, 0.3) is 0 Å². The van der Waals surface area contributed by atoms with Crippen LogP contribution in [0.15, 0.2) is 0 Å². The van der Waals surface area contributed by atoms with Crippen molar-refractivity contribution in [2.24, 2.45) is 0 Å². The highest BCUT2D eigenvalue weighted by molar-refractivity contribution is 5.81. The first-order valence-electron chi connectivity index (χ1n) is 7.30. The van der Waals surface area contributed by atoms with Gasteiger partial charge in [0.1, 0.15) is 6.54 Å². The van der Waals surface area contributed by atoms with E-state index in [1.807, 2.05) is 0 Å². The number of amides is 1. The van der Waals surface area contributed by atoms with E-state index in [2.05, 4.69) is 5.10 Å². The van der Waals surface area contributed by atoms with E-state index >= 15 is 0 Å². The van der Waals surface area contributed by atoms with Crippen LogP contribution in [0, 0.1) is 13.8 Å². The molecule has 0 radical (unpaired) electrons. The molecule has 0 bridgehead atoms. The molecule has 0 aliphatic carbocycles. The number of alkyl halides is 3. The van der Waals surface area contributed by atoms with Gasteiger partial charge in [-0.3, -0.25) is 9.48 Å². The average molecular weight is 349 g/mol. The Hall–Kier alpha value is -2.10. The fourth-order valence-corrected chi connectivity index (χ4v) is 2.60. The van der Waals surface area contributed by atoms with E-state index in [1.165, 1.54) is 11.8 Å². The number of carboxylic acid groups (broad SMARTS) is 1. The summed E-state index contributed by atoms with van der Waals surface area (Å²) in [6.07, 6.45) is -5.61. The van der Waals surface area contributed by atoms with Gasteiger partial charge in [-0.1, -0.05) is 0 Å². The van der Waals surface area contributed by atoms with Gasteiger partial charge in [-0.05, 0) is 13.8 Å². The summed E-state index contributed by atoms with van der Waals surface area (Å²) in [6.45, 7) is 2.08. The number of hydrogen-bond donors (Lipinski definition) is 1. The Morgan fingerprint density at radius 3 is 2.62 bits per heavy atom. The van der Waals surface area contributed by atoms with E-state index in [9.17, 15) is 22.8 Å². The number of carbonyl (C=O) groups is 2. The van der Waals surface area contributed by atoms with Crippen molar-refractivity contribution >= 4 is 11.9 Å². The molecule has 2 rings (SSSR count). The minimum Gasteiger partial charge on any atom is -0.479 e. The van der Waals surface area contributed by atoms with Crippen molar-refractivity contribution in [2.75, 3.05) is 19.7 Å². The number of morpholine rings is 1. The third kappa shape index (κ3) is 4.25. The highest BCUT2D eigenvalue weighted by Gasteiger charge is 2.32. The molecule has 24 heavy (non-hydrogen) atoms. The number of halogens is 3. The molecular formula is C14H18F3N3O4. The second-order valence-corrected chi connectivity index (χ2v) is 5.64. The Morgan fingerprint density at radius 1 is 1.38 bits per heavy atom. The molecule has 0 aromatic carbocycles. The molecule has 0 saturated carbocycles. The van der Waals surface area contributed by atoms with Crippen LogP contribution < -0.4 is 0 Å². The Balaban J connectivity index is 2.10. The van der Waals surface area contributed by atoms with Gasteiger partial charge in [0.2, 0.25) is 5.91 Å².